The summed E-state index contributed by atoms with van der Waals surface area (Å²) in [5.74, 6) is -1.89. The third kappa shape index (κ3) is 5.58. The lowest BCUT2D eigenvalue weighted by Crippen LogP contribution is -2.53. The van der Waals surface area contributed by atoms with Crippen LogP contribution >= 0.6 is 0 Å². The van der Waals surface area contributed by atoms with Gasteiger partial charge in [-0.15, -0.1) is 0 Å². The number of hydrogen-bond acceptors (Lipinski definition) is 6. The molecule has 3 atom stereocenters. The number of ether oxygens (including phenoxy) is 1. The number of hydroxylamine groups is 1. The lowest BCUT2D eigenvalue weighted by Gasteiger charge is -2.40. The van der Waals surface area contributed by atoms with Crippen LogP contribution in [0.2, 0.25) is 0 Å². The molecule has 9 heteroatoms. The summed E-state index contributed by atoms with van der Waals surface area (Å²) in [6.07, 6.45) is 3.53. The normalized spacial score (nSPS) is 26.0. The van der Waals surface area contributed by atoms with Crippen LogP contribution in [0, 0.1) is 11.8 Å². The standard InChI is InChI=1S/C24H34N4O5/c29-22(25-32)21-17-19(33-24(31)28-11-5-2-6-12-28)9-10-20(21)23(30)27-15-13-26(14-16-27)18-7-3-1-4-8-18/h1,3-4,7-8,19-21,32H,2,5-6,9-17H2,(H,25,29)/t19-,20-,21-/m0/s1. The molecule has 9 nitrogen and oxygen atoms in total. The first-order valence-corrected chi connectivity index (χ1v) is 12.0. The minimum atomic E-state index is -0.720. The maximum atomic E-state index is 13.3. The smallest absolute Gasteiger partial charge is 0.410 e. The summed E-state index contributed by atoms with van der Waals surface area (Å²) in [4.78, 5) is 44.1. The molecule has 33 heavy (non-hydrogen) atoms. The molecule has 2 aliphatic heterocycles. The van der Waals surface area contributed by atoms with Crippen LogP contribution in [-0.2, 0) is 14.3 Å². The van der Waals surface area contributed by atoms with Gasteiger partial charge in [0, 0.05) is 45.0 Å². The van der Waals surface area contributed by atoms with E-state index >= 15 is 0 Å². The largest absolute Gasteiger partial charge is 0.446 e. The van der Waals surface area contributed by atoms with E-state index in [-0.39, 0.29) is 18.4 Å². The quantitative estimate of drug-likeness (QED) is 0.530. The highest BCUT2D eigenvalue weighted by molar-refractivity contribution is 5.87. The van der Waals surface area contributed by atoms with Gasteiger partial charge in [0.2, 0.25) is 11.8 Å². The summed E-state index contributed by atoms with van der Waals surface area (Å²) < 4.78 is 5.69. The molecule has 0 spiro atoms. The Balaban J connectivity index is 1.34. The number of piperazine rings is 1. The molecule has 3 fully saturated rings. The number of likely N-dealkylation sites (tertiary alicyclic amines) is 1. The summed E-state index contributed by atoms with van der Waals surface area (Å²) in [7, 11) is 0. The molecular weight excluding hydrogens is 424 g/mol. The van der Waals surface area contributed by atoms with Crippen LogP contribution in [0.15, 0.2) is 30.3 Å². The Labute approximate surface area is 194 Å². The molecule has 1 aliphatic carbocycles. The van der Waals surface area contributed by atoms with Gasteiger partial charge in [0.1, 0.15) is 6.10 Å². The monoisotopic (exact) mass is 458 g/mol. The number of carbonyl (C=O) groups is 3. The summed E-state index contributed by atoms with van der Waals surface area (Å²) in [6, 6.07) is 10.1. The maximum absolute atomic E-state index is 13.3. The number of amides is 3. The van der Waals surface area contributed by atoms with E-state index in [9.17, 15) is 19.6 Å². The molecule has 4 rings (SSSR count). The van der Waals surface area contributed by atoms with Gasteiger partial charge >= 0.3 is 6.09 Å². The SMILES string of the molecule is O=C(NO)[C@H]1C[C@@H](OC(=O)N2CCCCC2)CC[C@@H]1C(=O)N1CCN(c2ccccc2)CC1. The predicted octanol–water partition coefficient (Wildman–Crippen LogP) is 2.25. The fourth-order valence-corrected chi connectivity index (χ4v) is 5.26. The van der Waals surface area contributed by atoms with Crippen molar-refractivity contribution < 1.29 is 24.3 Å². The van der Waals surface area contributed by atoms with Crippen molar-refractivity contribution in [3.05, 3.63) is 30.3 Å². The molecule has 0 bridgehead atoms. The van der Waals surface area contributed by atoms with Crippen LogP contribution in [-0.4, -0.2) is 78.3 Å². The molecule has 0 radical (unpaired) electrons. The van der Waals surface area contributed by atoms with Gasteiger partial charge in [-0.1, -0.05) is 18.2 Å². The molecule has 2 N–H and O–H groups in total. The number of rotatable bonds is 4. The zero-order valence-electron chi connectivity index (χ0n) is 19.0. The first-order chi connectivity index (χ1) is 16.1. The Morgan fingerprint density at radius 3 is 2.21 bits per heavy atom. The van der Waals surface area contributed by atoms with Gasteiger partial charge in [-0.25, -0.2) is 10.3 Å². The van der Waals surface area contributed by atoms with Crippen molar-refractivity contribution in [1.29, 1.82) is 0 Å². The van der Waals surface area contributed by atoms with Gasteiger partial charge < -0.3 is 19.4 Å². The van der Waals surface area contributed by atoms with Crippen LogP contribution in [0.5, 0.6) is 0 Å². The lowest BCUT2D eigenvalue weighted by atomic mass is 9.76. The summed E-state index contributed by atoms with van der Waals surface area (Å²) >= 11 is 0. The van der Waals surface area contributed by atoms with Crippen LogP contribution in [0.4, 0.5) is 10.5 Å². The first kappa shape index (κ1) is 23.4. The van der Waals surface area contributed by atoms with Crippen molar-refractivity contribution in [2.24, 2.45) is 11.8 Å². The van der Waals surface area contributed by atoms with E-state index in [1.54, 1.807) is 10.4 Å². The van der Waals surface area contributed by atoms with E-state index in [1.807, 2.05) is 23.1 Å². The van der Waals surface area contributed by atoms with Gasteiger partial charge in [-0.3, -0.25) is 14.8 Å². The lowest BCUT2D eigenvalue weighted by molar-refractivity contribution is -0.149. The molecule has 3 amide bonds. The van der Waals surface area contributed by atoms with Crippen molar-refractivity contribution >= 4 is 23.6 Å². The number of carbonyl (C=O) groups excluding carboxylic acids is 3. The number of piperidine rings is 1. The second-order valence-electron chi connectivity index (χ2n) is 9.20. The Morgan fingerprint density at radius 1 is 0.848 bits per heavy atom. The predicted molar refractivity (Wildman–Crippen MR) is 122 cm³/mol. The summed E-state index contributed by atoms with van der Waals surface area (Å²) in [5.41, 5.74) is 2.86. The van der Waals surface area contributed by atoms with Gasteiger partial charge in [0.25, 0.3) is 0 Å². The van der Waals surface area contributed by atoms with Crippen LogP contribution in [0.25, 0.3) is 0 Å². The van der Waals surface area contributed by atoms with Crippen molar-refractivity contribution in [3.8, 4) is 0 Å². The van der Waals surface area contributed by atoms with E-state index in [4.69, 9.17) is 4.74 Å². The molecule has 180 valence electrons. The van der Waals surface area contributed by atoms with E-state index in [0.29, 0.717) is 39.0 Å². The fraction of sp³-hybridized carbons (Fsp3) is 0.625. The highest BCUT2D eigenvalue weighted by atomic mass is 16.6. The van der Waals surface area contributed by atoms with E-state index in [0.717, 1.165) is 38.0 Å². The van der Waals surface area contributed by atoms with Gasteiger partial charge in [0.15, 0.2) is 0 Å². The molecule has 1 aromatic rings. The molecular formula is C24H34N4O5. The average Bonchev–Trinajstić information content (AvgIpc) is 2.89. The first-order valence-electron chi connectivity index (χ1n) is 12.0. The molecule has 1 saturated carbocycles. The molecule has 1 aromatic carbocycles. The zero-order valence-corrected chi connectivity index (χ0v) is 19.0. The van der Waals surface area contributed by atoms with Crippen molar-refractivity contribution in [1.82, 2.24) is 15.3 Å². The maximum Gasteiger partial charge on any atom is 0.410 e. The van der Waals surface area contributed by atoms with Crippen LogP contribution in [0.3, 0.4) is 0 Å². The number of hydrogen-bond donors (Lipinski definition) is 2. The highest BCUT2D eigenvalue weighted by Crippen LogP contribution is 2.34. The molecule has 2 heterocycles. The van der Waals surface area contributed by atoms with Crippen molar-refractivity contribution in [3.63, 3.8) is 0 Å². The zero-order chi connectivity index (χ0) is 23.2. The molecule has 3 aliphatic rings. The topological polar surface area (TPSA) is 102 Å². The number of benzene rings is 1. The molecule has 0 aromatic heterocycles. The average molecular weight is 459 g/mol. The number of anilines is 1. The third-order valence-corrected chi connectivity index (χ3v) is 7.16. The van der Waals surface area contributed by atoms with Crippen LogP contribution in [0.1, 0.15) is 38.5 Å². The fourth-order valence-electron chi connectivity index (χ4n) is 5.26. The Hall–Kier alpha value is -2.81. The minimum absolute atomic E-state index is 0.0582. The second-order valence-corrected chi connectivity index (χ2v) is 9.20. The highest BCUT2D eigenvalue weighted by Gasteiger charge is 2.42. The van der Waals surface area contributed by atoms with Gasteiger partial charge in [-0.2, -0.15) is 0 Å². The number of para-hydroxylation sites is 1. The second kappa shape index (κ2) is 10.9. The summed E-state index contributed by atoms with van der Waals surface area (Å²) in [5, 5.41) is 9.28. The Kier molecular flexibility index (Phi) is 7.69. The molecule has 0 unspecified atom stereocenters. The number of nitrogens with zero attached hydrogens (tertiary/aromatic N) is 3. The number of nitrogens with one attached hydrogen (secondary N) is 1. The van der Waals surface area contributed by atoms with Crippen molar-refractivity contribution in [2.75, 3.05) is 44.2 Å². The van der Waals surface area contributed by atoms with Crippen LogP contribution < -0.4 is 10.4 Å². The molecule has 2 saturated heterocycles. The summed E-state index contributed by atoms with van der Waals surface area (Å²) in [6.45, 7) is 4.03. The van der Waals surface area contributed by atoms with E-state index in [1.165, 1.54) is 0 Å². The van der Waals surface area contributed by atoms with Gasteiger partial charge in [-0.05, 0) is 50.7 Å². The van der Waals surface area contributed by atoms with E-state index in [2.05, 4.69) is 17.0 Å². The van der Waals surface area contributed by atoms with Gasteiger partial charge in [0.05, 0.1) is 11.8 Å². The Bertz CT molecular complexity index is 821. The Morgan fingerprint density at radius 2 is 1.55 bits per heavy atom. The third-order valence-electron chi connectivity index (χ3n) is 7.16. The minimum Gasteiger partial charge on any atom is -0.446 e. The van der Waals surface area contributed by atoms with Crippen molar-refractivity contribution in [2.45, 2.75) is 44.6 Å². The van der Waals surface area contributed by atoms with E-state index < -0.39 is 23.8 Å².